The van der Waals surface area contributed by atoms with Gasteiger partial charge < -0.3 is 0 Å². The van der Waals surface area contributed by atoms with E-state index in [0.717, 1.165) is 23.4 Å². The first-order valence-electron chi connectivity index (χ1n) is 7.41. The maximum absolute atomic E-state index is 6.55. The van der Waals surface area contributed by atoms with Crippen molar-refractivity contribution in [3.05, 3.63) is 70.2 Å². The minimum absolute atomic E-state index is 0.0257. The molecule has 0 N–H and O–H groups in total. The Morgan fingerprint density at radius 1 is 1.05 bits per heavy atom. The Morgan fingerprint density at radius 2 is 1.71 bits per heavy atom. The van der Waals surface area contributed by atoms with E-state index in [9.17, 15) is 0 Å². The first kappa shape index (κ1) is 16.4. The molecule has 1 unspecified atom stereocenters. The molecule has 0 saturated heterocycles. The summed E-state index contributed by atoms with van der Waals surface area (Å²) < 4.78 is 0. The van der Waals surface area contributed by atoms with Gasteiger partial charge in [-0.3, -0.25) is 0 Å². The molecule has 0 fully saturated rings. The Kier molecular flexibility index (Phi) is 5.35. The van der Waals surface area contributed by atoms with Crippen LogP contribution in [0.1, 0.15) is 49.3 Å². The number of rotatable bonds is 5. The minimum Gasteiger partial charge on any atom is -0.117 e. The summed E-state index contributed by atoms with van der Waals surface area (Å²) in [6.45, 7) is 6.76. The number of hydrogen-bond donors (Lipinski definition) is 0. The fraction of sp³-hybridized carbons (Fsp3) is 0.368. The first-order valence-corrected chi connectivity index (χ1v) is 8.23. The second kappa shape index (κ2) is 6.85. The van der Waals surface area contributed by atoms with E-state index < -0.39 is 0 Å². The van der Waals surface area contributed by atoms with Gasteiger partial charge in [0.25, 0.3) is 0 Å². The van der Waals surface area contributed by atoms with Gasteiger partial charge in [0.15, 0.2) is 0 Å². The average Bonchev–Trinajstić information content (AvgIpc) is 2.47. The van der Waals surface area contributed by atoms with Crippen LogP contribution in [0.5, 0.6) is 0 Å². The highest BCUT2D eigenvalue weighted by Crippen LogP contribution is 2.30. The molecular formula is C19H22Cl2. The van der Waals surface area contributed by atoms with Crippen LogP contribution in [0.15, 0.2) is 48.5 Å². The number of hydrogen-bond acceptors (Lipinski definition) is 0. The zero-order chi connectivity index (χ0) is 15.5. The van der Waals surface area contributed by atoms with Gasteiger partial charge in [-0.2, -0.15) is 0 Å². The number of benzene rings is 2. The van der Waals surface area contributed by atoms with Crippen LogP contribution in [-0.2, 0) is 11.8 Å². The standard InChI is InChI=1S/C19H22Cl2/c1-4-19(2,3)16-10-8-15(9-11-16)18(21)13-14-6-5-7-17(20)12-14/h5-12,18H,4,13H2,1-3H3. The van der Waals surface area contributed by atoms with Crippen molar-refractivity contribution in [1.82, 2.24) is 0 Å². The van der Waals surface area contributed by atoms with Gasteiger partial charge in [-0.05, 0) is 47.1 Å². The van der Waals surface area contributed by atoms with Crippen molar-refractivity contribution < 1.29 is 0 Å². The summed E-state index contributed by atoms with van der Waals surface area (Å²) in [4.78, 5) is 0. The Bertz CT molecular complexity index is 585. The summed E-state index contributed by atoms with van der Waals surface area (Å²) in [7, 11) is 0. The third-order valence-electron chi connectivity index (χ3n) is 4.24. The SMILES string of the molecule is CCC(C)(C)c1ccc(C(Cl)Cc2cccc(Cl)c2)cc1. The predicted molar refractivity (Wildman–Crippen MR) is 93.5 cm³/mol. The van der Waals surface area contributed by atoms with E-state index in [0.29, 0.717) is 0 Å². The fourth-order valence-corrected chi connectivity index (χ4v) is 2.87. The van der Waals surface area contributed by atoms with Gasteiger partial charge in [0.1, 0.15) is 0 Å². The van der Waals surface area contributed by atoms with Crippen molar-refractivity contribution in [1.29, 1.82) is 0 Å². The van der Waals surface area contributed by atoms with Crippen molar-refractivity contribution in [3.63, 3.8) is 0 Å². The van der Waals surface area contributed by atoms with Crippen molar-refractivity contribution in [2.75, 3.05) is 0 Å². The summed E-state index contributed by atoms with van der Waals surface area (Å²) in [6, 6.07) is 16.6. The molecular weight excluding hydrogens is 299 g/mol. The largest absolute Gasteiger partial charge is 0.117 e. The molecule has 2 aromatic carbocycles. The third kappa shape index (κ3) is 4.25. The van der Waals surface area contributed by atoms with E-state index in [1.165, 1.54) is 11.1 Å². The maximum atomic E-state index is 6.55. The molecule has 0 amide bonds. The summed E-state index contributed by atoms with van der Waals surface area (Å²) in [5.41, 5.74) is 3.90. The number of alkyl halides is 1. The molecule has 0 aliphatic rings. The summed E-state index contributed by atoms with van der Waals surface area (Å²) in [6.07, 6.45) is 1.91. The summed E-state index contributed by atoms with van der Waals surface area (Å²) >= 11 is 12.6. The predicted octanol–water partition coefficient (Wildman–Crippen LogP) is 6.55. The molecule has 0 bridgehead atoms. The molecule has 1 atom stereocenters. The van der Waals surface area contributed by atoms with Crippen LogP contribution < -0.4 is 0 Å². The molecule has 0 aliphatic heterocycles. The van der Waals surface area contributed by atoms with Gasteiger partial charge in [0.2, 0.25) is 0 Å². The Morgan fingerprint density at radius 3 is 2.29 bits per heavy atom. The van der Waals surface area contributed by atoms with E-state index in [1.807, 2.05) is 18.2 Å². The van der Waals surface area contributed by atoms with Crippen LogP contribution in [-0.4, -0.2) is 0 Å². The molecule has 112 valence electrons. The highest BCUT2D eigenvalue weighted by molar-refractivity contribution is 6.30. The van der Waals surface area contributed by atoms with Crippen molar-refractivity contribution in [2.24, 2.45) is 0 Å². The van der Waals surface area contributed by atoms with Gasteiger partial charge in [-0.1, -0.05) is 68.8 Å². The second-order valence-electron chi connectivity index (χ2n) is 6.16. The topological polar surface area (TPSA) is 0 Å². The van der Waals surface area contributed by atoms with Crippen LogP contribution in [0.3, 0.4) is 0 Å². The Hall–Kier alpha value is -0.980. The lowest BCUT2D eigenvalue weighted by molar-refractivity contribution is 0.506. The molecule has 0 spiro atoms. The molecule has 0 nitrogen and oxygen atoms in total. The van der Waals surface area contributed by atoms with E-state index in [1.54, 1.807) is 0 Å². The minimum atomic E-state index is -0.0257. The van der Waals surface area contributed by atoms with E-state index in [4.69, 9.17) is 23.2 Å². The number of halogens is 2. The van der Waals surface area contributed by atoms with Crippen LogP contribution in [0.25, 0.3) is 0 Å². The van der Waals surface area contributed by atoms with Crippen LogP contribution in [0.2, 0.25) is 5.02 Å². The van der Waals surface area contributed by atoms with E-state index in [2.05, 4.69) is 51.1 Å². The van der Waals surface area contributed by atoms with Crippen LogP contribution in [0.4, 0.5) is 0 Å². The van der Waals surface area contributed by atoms with Crippen molar-refractivity contribution >= 4 is 23.2 Å². The molecule has 0 saturated carbocycles. The van der Waals surface area contributed by atoms with E-state index in [-0.39, 0.29) is 10.8 Å². The molecule has 0 aliphatic carbocycles. The molecule has 2 rings (SSSR count). The van der Waals surface area contributed by atoms with Gasteiger partial charge in [-0.15, -0.1) is 11.6 Å². The van der Waals surface area contributed by atoms with Gasteiger partial charge in [0.05, 0.1) is 5.38 Å². The smallest absolute Gasteiger partial charge is 0.0625 e. The van der Waals surface area contributed by atoms with Gasteiger partial charge in [-0.25, -0.2) is 0 Å². The third-order valence-corrected chi connectivity index (χ3v) is 4.88. The second-order valence-corrected chi connectivity index (χ2v) is 7.12. The highest BCUT2D eigenvalue weighted by atomic mass is 35.5. The summed E-state index contributed by atoms with van der Waals surface area (Å²) in [5, 5.41) is 0.735. The van der Waals surface area contributed by atoms with Crippen LogP contribution in [0, 0.1) is 0 Å². The highest BCUT2D eigenvalue weighted by Gasteiger charge is 2.18. The first-order chi connectivity index (χ1) is 9.92. The molecule has 0 aromatic heterocycles. The Labute approximate surface area is 138 Å². The molecule has 21 heavy (non-hydrogen) atoms. The fourth-order valence-electron chi connectivity index (χ4n) is 2.34. The lowest BCUT2D eigenvalue weighted by atomic mass is 9.82. The summed E-state index contributed by atoms with van der Waals surface area (Å²) in [5.74, 6) is 0. The molecule has 0 radical (unpaired) electrons. The lowest BCUT2D eigenvalue weighted by Crippen LogP contribution is -2.15. The van der Waals surface area contributed by atoms with Gasteiger partial charge in [0, 0.05) is 5.02 Å². The average molecular weight is 321 g/mol. The van der Waals surface area contributed by atoms with Gasteiger partial charge >= 0.3 is 0 Å². The van der Waals surface area contributed by atoms with Crippen LogP contribution >= 0.6 is 23.2 Å². The maximum Gasteiger partial charge on any atom is 0.0625 e. The molecule has 2 heteroatoms. The van der Waals surface area contributed by atoms with E-state index >= 15 is 0 Å². The normalized spacial score (nSPS) is 13.2. The monoisotopic (exact) mass is 320 g/mol. The van der Waals surface area contributed by atoms with Crippen molar-refractivity contribution in [2.45, 2.75) is 44.4 Å². The quantitative estimate of drug-likeness (QED) is 0.548. The Balaban J connectivity index is 2.11. The van der Waals surface area contributed by atoms with Crippen molar-refractivity contribution in [3.8, 4) is 0 Å². The molecule has 0 heterocycles. The lowest BCUT2D eigenvalue weighted by Gasteiger charge is -2.23. The molecule has 2 aromatic rings. The zero-order valence-corrected chi connectivity index (χ0v) is 14.4. The zero-order valence-electron chi connectivity index (χ0n) is 12.9.